The summed E-state index contributed by atoms with van der Waals surface area (Å²) in [6, 6.07) is 4.75. The van der Waals surface area contributed by atoms with Gasteiger partial charge in [-0.05, 0) is 38.4 Å². The number of nitrogens with one attached hydrogen (secondary N) is 2. The van der Waals surface area contributed by atoms with Crippen molar-refractivity contribution in [2.24, 2.45) is 0 Å². The third-order valence-corrected chi connectivity index (χ3v) is 3.33. The van der Waals surface area contributed by atoms with E-state index in [-0.39, 0.29) is 11.6 Å². The summed E-state index contributed by atoms with van der Waals surface area (Å²) in [6.45, 7) is 3.22. The fraction of sp³-hybridized carbons (Fsp3) is 0.462. The molecule has 2 N–H and O–H groups in total. The van der Waals surface area contributed by atoms with Crippen molar-refractivity contribution in [2.45, 2.75) is 25.8 Å². The van der Waals surface area contributed by atoms with Crippen LogP contribution >= 0.6 is 0 Å². The van der Waals surface area contributed by atoms with E-state index in [1.807, 2.05) is 0 Å². The van der Waals surface area contributed by atoms with Crippen LogP contribution in [0.25, 0.3) is 0 Å². The smallest absolute Gasteiger partial charge is 0.272 e. The molecule has 1 heterocycles. The van der Waals surface area contributed by atoms with E-state index in [1.54, 1.807) is 13.0 Å². The summed E-state index contributed by atoms with van der Waals surface area (Å²) in [4.78, 5) is 22.2. The summed E-state index contributed by atoms with van der Waals surface area (Å²) < 4.78 is 0. The van der Waals surface area contributed by atoms with E-state index in [0.717, 1.165) is 19.4 Å². The molecule has 0 aliphatic carbocycles. The summed E-state index contributed by atoms with van der Waals surface area (Å²) in [5.41, 5.74) is 0.992. The summed E-state index contributed by atoms with van der Waals surface area (Å²) in [5, 5.41) is 16.8. The van der Waals surface area contributed by atoms with Crippen LogP contribution in [0.4, 0.5) is 5.69 Å². The SMILES string of the molecule is Cc1cc(C(=O)NCC2CCCN2)ccc1[N+](=O)[O-]. The molecule has 19 heavy (non-hydrogen) atoms. The predicted octanol–water partition coefficient (Wildman–Crippen LogP) is 1.39. The van der Waals surface area contributed by atoms with Gasteiger partial charge in [0, 0.05) is 29.8 Å². The van der Waals surface area contributed by atoms with Gasteiger partial charge in [-0.15, -0.1) is 0 Å². The molecular weight excluding hydrogens is 246 g/mol. The lowest BCUT2D eigenvalue weighted by molar-refractivity contribution is -0.385. The standard InChI is InChI=1S/C13H17N3O3/c1-9-7-10(4-5-12(9)16(18)19)13(17)15-8-11-3-2-6-14-11/h4-5,7,11,14H,2-3,6,8H2,1H3,(H,15,17). The van der Waals surface area contributed by atoms with Crippen LogP contribution < -0.4 is 10.6 Å². The van der Waals surface area contributed by atoms with Gasteiger partial charge in [0.25, 0.3) is 11.6 Å². The molecule has 6 nitrogen and oxygen atoms in total. The van der Waals surface area contributed by atoms with E-state index >= 15 is 0 Å². The Balaban J connectivity index is 1.98. The Kier molecular flexibility index (Phi) is 4.11. The first-order valence-electron chi connectivity index (χ1n) is 6.34. The molecule has 6 heteroatoms. The second-order valence-electron chi connectivity index (χ2n) is 4.76. The van der Waals surface area contributed by atoms with Gasteiger partial charge in [0.15, 0.2) is 0 Å². The third kappa shape index (κ3) is 3.29. The molecule has 0 aromatic heterocycles. The number of hydrogen-bond acceptors (Lipinski definition) is 4. The Labute approximate surface area is 111 Å². The molecule has 1 aliphatic rings. The number of nitro groups is 1. The van der Waals surface area contributed by atoms with E-state index in [4.69, 9.17) is 0 Å². The number of nitrogens with zero attached hydrogens (tertiary/aromatic N) is 1. The third-order valence-electron chi connectivity index (χ3n) is 3.33. The zero-order valence-electron chi connectivity index (χ0n) is 10.8. The topological polar surface area (TPSA) is 84.3 Å². The van der Waals surface area contributed by atoms with E-state index in [0.29, 0.717) is 23.7 Å². The highest BCUT2D eigenvalue weighted by Gasteiger charge is 2.17. The molecule has 0 spiro atoms. The van der Waals surface area contributed by atoms with Crippen LogP contribution in [0.1, 0.15) is 28.8 Å². The zero-order chi connectivity index (χ0) is 13.8. The summed E-state index contributed by atoms with van der Waals surface area (Å²) >= 11 is 0. The molecule has 1 atom stereocenters. The Bertz CT molecular complexity index is 496. The maximum atomic E-state index is 11.9. The fourth-order valence-electron chi connectivity index (χ4n) is 2.25. The highest BCUT2D eigenvalue weighted by Crippen LogP contribution is 2.18. The Hall–Kier alpha value is -1.95. The van der Waals surface area contributed by atoms with Crippen LogP contribution in [-0.4, -0.2) is 30.0 Å². The lowest BCUT2D eigenvalue weighted by atomic mass is 10.1. The number of carbonyl (C=O) groups excluding carboxylic acids is 1. The van der Waals surface area contributed by atoms with Crippen LogP contribution in [0.5, 0.6) is 0 Å². The van der Waals surface area contributed by atoms with Crippen molar-refractivity contribution in [3.8, 4) is 0 Å². The molecule has 1 amide bonds. The second-order valence-corrected chi connectivity index (χ2v) is 4.76. The summed E-state index contributed by atoms with van der Waals surface area (Å²) in [7, 11) is 0. The van der Waals surface area contributed by atoms with Crippen molar-refractivity contribution in [1.29, 1.82) is 0 Å². The van der Waals surface area contributed by atoms with Gasteiger partial charge in [0.2, 0.25) is 0 Å². The first-order chi connectivity index (χ1) is 9.08. The molecule has 1 aliphatic heterocycles. The molecular formula is C13H17N3O3. The minimum absolute atomic E-state index is 0.0361. The van der Waals surface area contributed by atoms with Gasteiger partial charge < -0.3 is 10.6 Å². The van der Waals surface area contributed by atoms with E-state index < -0.39 is 4.92 Å². The van der Waals surface area contributed by atoms with Crippen molar-refractivity contribution >= 4 is 11.6 Å². The number of nitro benzene ring substituents is 1. The van der Waals surface area contributed by atoms with Gasteiger partial charge in [0.05, 0.1) is 4.92 Å². The number of rotatable bonds is 4. The predicted molar refractivity (Wildman–Crippen MR) is 71.2 cm³/mol. The molecule has 1 fully saturated rings. The summed E-state index contributed by atoms with van der Waals surface area (Å²) in [6.07, 6.45) is 2.21. The van der Waals surface area contributed by atoms with Crippen molar-refractivity contribution in [3.63, 3.8) is 0 Å². The van der Waals surface area contributed by atoms with Gasteiger partial charge in [0.1, 0.15) is 0 Å². The molecule has 2 rings (SSSR count). The largest absolute Gasteiger partial charge is 0.350 e. The average molecular weight is 263 g/mol. The van der Waals surface area contributed by atoms with E-state index in [9.17, 15) is 14.9 Å². The number of aryl methyl sites for hydroxylation is 1. The first kappa shape index (κ1) is 13.5. The summed E-state index contributed by atoms with van der Waals surface area (Å²) in [5.74, 6) is -0.188. The van der Waals surface area contributed by atoms with E-state index in [2.05, 4.69) is 10.6 Å². The minimum Gasteiger partial charge on any atom is -0.350 e. The maximum Gasteiger partial charge on any atom is 0.272 e. The fourth-order valence-corrected chi connectivity index (χ4v) is 2.25. The molecule has 1 saturated heterocycles. The Morgan fingerprint density at radius 1 is 1.58 bits per heavy atom. The molecule has 1 aromatic rings. The number of amides is 1. The normalized spacial score (nSPS) is 18.3. The van der Waals surface area contributed by atoms with Crippen molar-refractivity contribution in [2.75, 3.05) is 13.1 Å². The highest BCUT2D eigenvalue weighted by molar-refractivity contribution is 5.94. The molecule has 0 saturated carbocycles. The molecule has 1 unspecified atom stereocenters. The second kappa shape index (κ2) is 5.79. The monoisotopic (exact) mass is 263 g/mol. The van der Waals surface area contributed by atoms with Gasteiger partial charge in [-0.1, -0.05) is 0 Å². The van der Waals surface area contributed by atoms with E-state index in [1.165, 1.54) is 12.1 Å². The van der Waals surface area contributed by atoms with Crippen LogP contribution in [0.2, 0.25) is 0 Å². The van der Waals surface area contributed by atoms with Crippen molar-refractivity contribution < 1.29 is 9.72 Å². The quantitative estimate of drug-likeness (QED) is 0.635. The molecule has 102 valence electrons. The zero-order valence-corrected chi connectivity index (χ0v) is 10.8. The van der Waals surface area contributed by atoms with Gasteiger partial charge in [-0.25, -0.2) is 0 Å². The Morgan fingerprint density at radius 3 is 2.95 bits per heavy atom. The molecule has 0 bridgehead atoms. The van der Waals surface area contributed by atoms with Crippen LogP contribution in [0, 0.1) is 17.0 Å². The van der Waals surface area contributed by atoms with Crippen LogP contribution in [0.15, 0.2) is 18.2 Å². The number of carbonyl (C=O) groups is 1. The van der Waals surface area contributed by atoms with Gasteiger partial charge in [-0.3, -0.25) is 14.9 Å². The first-order valence-corrected chi connectivity index (χ1v) is 6.34. The highest BCUT2D eigenvalue weighted by atomic mass is 16.6. The lowest BCUT2D eigenvalue weighted by Crippen LogP contribution is -2.37. The lowest BCUT2D eigenvalue weighted by Gasteiger charge is -2.11. The van der Waals surface area contributed by atoms with Gasteiger partial charge in [-0.2, -0.15) is 0 Å². The average Bonchev–Trinajstić information content (AvgIpc) is 2.88. The van der Waals surface area contributed by atoms with Crippen molar-refractivity contribution in [3.05, 3.63) is 39.4 Å². The minimum atomic E-state index is -0.445. The van der Waals surface area contributed by atoms with Crippen molar-refractivity contribution in [1.82, 2.24) is 10.6 Å². The molecule has 0 radical (unpaired) electrons. The maximum absolute atomic E-state index is 11.9. The van der Waals surface area contributed by atoms with Gasteiger partial charge >= 0.3 is 0 Å². The molecule has 1 aromatic carbocycles. The van der Waals surface area contributed by atoms with Crippen LogP contribution in [-0.2, 0) is 0 Å². The number of hydrogen-bond donors (Lipinski definition) is 2. The van der Waals surface area contributed by atoms with Crippen LogP contribution in [0.3, 0.4) is 0 Å². The Morgan fingerprint density at radius 2 is 2.37 bits per heavy atom. The number of benzene rings is 1.